The van der Waals surface area contributed by atoms with Gasteiger partial charge >= 0.3 is 0 Å². The van der Waals surface area contributed by atoms with Crippen LogP contribution in [0, 0.1) is 6.92 Å². The molecule has 0 aliphatic carbocycles. The van der Waals surface area contributed by atoms with Gasteiger partial charge in [0.1, 0.15) is 0 Å². The fourth-order valence-electron chi connectivity index (χ4n) is 2.98. The molecule has 0 saturated carbocycles. The topological polar surface area (TPSA) is 85.1 Å². The van der Waals surface area contributed by atoms with E-state index in [4.69, 9.17) is 5.73 Å². The SMILES string of the molecule is Cc1ccc(CCC(=O)NCc2ccc(C(=O)Cc3ccncc3N)cc2)cc1. The molecule has 29 heavy (non-hydrogen) atoms. The van der Waals surface area contributed by atoms with Crippen molar-refractivity contribution >= 4 is 17.4 Å². The third-order valence-electron chi connectivity index (χ3n) is 4.82. The molecule has 3 N–H and O–H groups in total. The van der Waals surface area contributed by atoms with Crippen LogP contribution in [-0.2, 0) is 24.2 Å². The number of carbonyl (C=O) groups is 2. The second kappa shape index (κ2) is 9.64. The zero-order chi connectivity index (χ0) is 20.6. The molecule has 5 heteroatoms. The van der Waals surface area contributed by atoms with Crippen LogP contribution in [0.4, 0.5) is 5.69 Å². The highest BCUT2D eigenvalue weighted by Gasteiger charge is 2.10. The summed E-state index contributed by atoms with van der Waals surface area (Å²) in [4.78, 5) is 28.5. The minimum Gasteiger partial charge on any atom is -0.397 e. The number of hydrogen-bond acceptors (Lipinski definition) is 4. The molecule has 0 fully saturated rings. The van der Waals surface area contributed by atoms with Crippen LogP contribution < -0.4 is 11.1 Å². The number of Topliss-reactive ketones (excluding diaryl/α,β-unsaturated/α-hetero) is 1. The van der Waals surface area contributed by atoms with Gasteiger partial charge in [-0.25, -0.2) is 0 Å². The highest BCUT2D eigenvalue weighted by molar-refractivity contribution is 5.98. The van der Waals surface area contributed by atoms with E-state index < -0.39 is 0 Å². The molecule has 5 nitrogen and oxygen atoms in total. The van der Waals surface area contributed by atoms with E-state index in [1.165, 1.54) is 5.56 Å². The number of pyridine rings is 1. The zero-order valence-electron chi connectivity index (χ0n) is 16.5. The van der Waals surface area contributed by atoms with Gasteiger partial charge in [0.05, 0.1) is 11.9 Å². The summed E-state index contributed by atoms with van der Waals surface area (Å²) < 4.78 is 0. The molecule has 3 rings (SSSR count). The Morgan fingerprint density at radius 3 is 2.34 bits per heavy atom. The summed E-state index contributed by atoms with van der Waals surface area (Å²) in [6, 6.07) is 17.3. The van der Waals surface area contributed by atoms with E-state index in [0.29, 0.717) is 24.2 Å². The standard InChI is InChI=1S/C24H25N3O2/c1-17-2-4-18(5-3-17)8-11-24(29)27-15-19-6-9-20(10-7-19)23(28)14-21-12-13-26-16-22(21)25/h2-7,9-10,12-13,16H,8,11,14-15,25H2,1H3,(H,27,29). The monoisotopic (exact) mass is 387 g/mol. The number of anilines is 1. The fourth-order valence-corrected chi connectivity index (χ4v) is 2.98. The second-order valence-corrected chi connectivity index (χ2v) is 7.13. The van der Waals surface area contributed by atoms with Gasteiger partial charge in [0.25, 0.3) is 0 Å². The molecule has 1 aromatic heterocycles. The molecule has 3 aromatic rings. The van der Waals surface area contributed by atoms with Crippen LogP contribution >= 0.6 is 0 Å². The molecule has 0 atom stereocenters. The molecule has 0 radical (unpaired) electrons. The lowest BCUT2D eigenvalue weighted by Gasteiger charge is -2.08. The summed E-state index contributed by atoms with van der Waals surface area (Å²) in [5.74, 6) is 0.00970. The molecule has 2 aromatic carbocycles. The van der Waals surface area contributed by atoms with Crippen molar-refractivity contribution in [1.29, 1.82) is 0 Å². The number of carbonyl (C=O) groups excluding carboxylic acids is 2. The maximum absolute atomic E-state index is 12.4. The number of benzene rings is 2. The lowest BCUT2D eigenvalue weighted by atomic mass is 10.0. The number of aryl methyl sites for hydroxylation is 2. The van der Waals surface area contributed by atoms with Crippen molar-refractivity contribution < 1.29 is 9.59 Å². The Balaban J connectivity index is 1.47. The number of aromatic nitrogens is 1. The predicted molar refractivity (Wildman–Crippen MR) is 114 cm³/mol. The highest BCUT2D eigenvalue weighted by atomic mass is 16.1. The van der Waals surface area contributed by atoms with Gasteiger partial charge in [0, 0.05) is 31.1 Å². The lowest BCUT2D eigenvalue weighted by Crippen LogP contribution is -2.23. The summed E-state index contributed by atoms with van der Waals surface area (Å²) in [7, 11) is 0. The van der Waals surface area contributed by atoms with Gasteiger partial charge in [-0.1, -0.05) is 54.1 Å². The molecule has 1 heterocycles. The van der Waals surface area contributed by atoms with E-state index in [1.807, 2.05) is 19.1 Å². The van der Waals surface area contributed by atoms with Crippen molar-refractivity contribution in [3.8, 4) is 0 Å². The molecular weight excluding hydrogens is 362 g/mol. The van der Waals surface area contributed by atoms with Crippen molar-refractivity contribution in [3.05, 3.63) is 94.8 Å². The average molecular weight is 387 g/mol. The Bertz CT molecular complexity index is 980. The van der Waals surface area contributed by atoms with Crippen LogP contribution in [-0.4, -0.2) is 16.7 Å². The summed E-state index contributed by atoms with van der Waals surface area (Å²) in [5.41, 5.74) is 11.1. The van der Waals surface area contributed by atoms with Crippen LogP contribution in [0.2, 0.25) is 0 Å². The van der Waals surface area contributed by atoms with E-state index in [2.05, 4.69) is 34.6 Å². The normalized spacial score (nSPS) is 10.5. The number of ketones is 1. The minimum absolute atomic E-state index is 0.00316. The van der Waals surface area contributed by atoms with Crippen molar-refractivity contribution in [3.63, 3.8) is 0 Å². The first-order chi connectivity index (χ1) is 14.0. The van der Waals surface area contributed by atoms with Crippen molar-refractivity contribution in [2.24, 2.45) is 0 Å². The first-order valence-electron chi connectivity index (χ1n) is 9.64. The second-order valence-electron chi connectivity index (χ2n) is 7.13. The van der Waals surface area contributed by atoms with Gasteiger partial charge in [-0.3, -0.25) is 14.6 Å². The maximum Gasteiger partial charge on any atom is 0.220 e. The molecule has 0 unspecified atom stereocenters. The summed E-state index contributed by atoms with van der Waals surface area (Å²) in [5, 5.41) is 2.93. The van der Waals surface area contributed by atoms with Gasteiger partial charge in [-0.05, 0) is 36.1 Å². The van der Waals surface area contributed by atoms with Crippen LogP contribution in [0.5, 0.6) is 0 Å². The van der Waals surface area contributed by atoms with E-state index in [9.17, 15) is 9.59 Å². The number of hydrogen-bond donors (Lipinski definition) is 2. The van der Waals surface area contributed by atoms with E-state index in [1.54, 1.807) is 30.6 Å². The number of nitrogen functional groups attached to an aromatic ring is 1. The number of nitrogens with two attached hydrogens (primary N) is 1. The Morgan fingerprint density at radius 1 is 0.966 bits per heavy atom. The van der Waals surface area contributed by atoms with Gasteiger partial charge in [0.2, 0.25) is 5.91 Å². The average Bonchev–Trinajstić information content (AvgIpc) is 2.74. The smallest absolute Gasteiger partial charge is 0.220 e. The molecular formula is C24H25N3O2. The van der Waals surface area contributed by atoms with E-state index >= 15 is 0 Å². The first kappa shape index (κ1) is 20.3. The predicted octanol–water partition coefficient (Wildman–Crippen LogP) is 3.65. The third kappa shape index (κ3) is 6.01. The number of rotatable bonds is 8. The Hall–Kier alpha value is -3.47. The summed E-state index contributed by atoms with van der Waals surface area (Å²) in [6.45, 7) is 2.49. The molecule has 0 bridgehead atoms. The third-order valence-corrected chi connectivity index (χ3v) is 4.82. The number of nitrogens with zero attached hydrogens (tertiary/aromatic N) is 1. The van der Waals surface area contributed by atoms with Crippen molar-refractivity contribution in [2.75, 3.05) is 5.73 Å². The fraction of sp³-hybridized carbons (Fsp3) is 0.208. The Morgan fingerprint density at radius 2 is 1.66 bits per heavy atom. The number of nitrogens with one attached hydrogen (secondary N) is 1. The van der Waals surface area contributed by atoms with Gasteiger partial charge in [-0.15, -0.1) is 0 Å². The highest BCUT2D eigenvalue weighted by Crippen LogP contribution is 2.14. The molecule has 0 aliphatic rings. The van der Waals surface area contributed by atoms with Gasteiger partial charge in [-0.2, -0.15) is 0 Å². The van der Waals surface area contributed by atoms with Crippen molar-refractivity contribution in [2.45, 2.75) is 32.7 Å². The van der Waals surface area contributed by atoms with Gasteiger partial charge < -0.3 is 11.1 Å². The lowest BCUT2D eigenvalue weighted by molar-refractivity contribution is -0.121. The van der Waals surface area contributed by atoms with Crippen LogP contribution in [0.15, 0.2) is 67.0 Å². The van der Waals surface area contributed by atoms with Crippen LogP contribution in [0.25, 0.3) is 0 Å². The van der Waals surface area contributed by atoms with Crippen LogP contribution in [0.3, 0.4) is 0 Å². The Labute approximate surface area is 171 Å². The number of amides is 1. The molecule has 0 spiro atoms. The molecule has 1 amide bonds. The quantitative estimate of drug-likeness (QED) is 0.578. The zero-order valence-corrected chi connectivity index (χ0v) is 16.5. The molecule has 0 aliphatic heterocycles. The summed E-state index contributed by atoms with van der Waals surface area (Å²) >= 11 is 0. The minimum atomic E-state index is -0.00316. The molecule has 148 valence electrons. The Kier molecular flexibility index (Phi) is 6.74. The summed E-state index contributed by atoms with van der Waals surface area (Å²) in [6.07, 6.45) is 4.59. The van der Waals surface area contributed by atoms with Crippen LogP contribution in [0.1, 0.15) is 39.0 Å². The van der Waals surface area contributed by atoms with Crippen molar-refractivity contribution in [1.82, 2.24) is 10.3 Å². The van der Waals surface area contributed by atoms with Gasteiger partial charge in [0.15, 0.2) is 5.78 Å². The van der Waals surface area contributed by atoms with E-state index in [0.717, 1.165) is 23.1 Å². The molecule has 0 saturated heterocycles. The first-order valence-corrected chi connectivity index (χ1v) is 9.64. The maximum atomic E-state index is 12.4. The van der Waals surface area contributed by atoms with E-state index in [-0.39, 0.29) is 18.1 Å². The largest absolute Gasteiger partial charge is 0.397 e.